The number of rotatable bonds is 4. The molecule has 1 N–H and O–H groups in total. The third-order valence-electron chi connectivity index (χ3n) is 2.99. The van der Waals surface area contributed by atoms with Crippen LogP contribution < -0.4 is 0 Å². The highest BCUT2D eigenvalue weighted by atomic mass is 16.5. The van der Waals surface area contributed by atoms with Gasteiger partial charge < -0.3 is 14.7 Å². The summed E-state index contributed by atoms with van der Waals surface area (Å²) in [7, 11) is 0. The maximum atomic E-state index is 12.0. The summed E-state index contributed by atoms with van der Waals surface area (Å²) in [5.41, 5.74) is 0. The van der Waals surface area contributed by atoms with E-state index >= 15 is 0 Å². The highest BCUT2D eigenvalue weighted by Crippen LogP contribution is 2.14. The summed E-state index contributed by atoms with van der Waals surface area (Å²) in [6, 6.07) is 0. The van der Waals surface area contributed by atoms with Crippen molar-refractivity contribution in [2.75, 3.05) is 26.3 Å². The maximum absolute atomic E-state index is 12.0. The molecule has 1 fully saturated rings. The molecule has 0 aromatic carbocycles. The molecular weight excluding hydrogens is 194 g/mol. The van der Waals surface area contributed by atoms with Crippen molar-refractivity contribution in [1.82, 2.24) is 4.90 Å². The van der Waals surface area contributed by atoms with E-state index in [9.17, 15) is 4.79 Å². The van der Waals surface area contributed by atoms with E-state index in [0.29, 0.717) is 19.7 Å². The second-order valence-electron chi connectivity index (χ2n) is 3.97. The molecule has 15 heavy (non-hydrogen) atoms. The van der Waals surface area contributed by atoms with E-state index in [4.69, 9.17) is 9.84 Å². The molecule has 0 aromatic heterocycles. The molecule has 0 aliphatic carbocycles. The Labute approximate surface area is 91.2 Å². The number of hydrogen-bond donors (Lipinski definition) is 1. The van der Waals surface area contributed by atoms with Crippen LogP contribution in [0.15, 0.2) is 0 Å². The molecule has 1 amide bonds. The van der Waals surface area contributed by atoms with Crippen LogP contribution in [0.25, 0.3) is 0 Å². The van der Waals surface area contributed by atoms with Crippen LogP contribution in [0.1, 0.15) is 26.7 Å². The predicted octanol–water partition coefficient (Wildman–Crippen LogP) is 0.642. The Balaban J connectivity index is 2.51. The van der Waals surface area contributed by atoms with E-state index in [1.807, 2.05) is 18.7 Å². The third-order valence-corrected chi connectivity index (χ3v) is 2.99. The number of hydrogen-bond acceptors (Lipinski definition) is 3. The molecule has 1 aliphatic rings. The Morgan fingerprint density at radius 2 is 2.20 bits per heavy atom. The summed E-state index contributed by atoms with van der Waals surface area (Å²) in [5.74, 6) is 0.337. The number of ether oxygens (including phenoxy) is 1. The molecule has 1 saturated heterocycles. The zero-order chi connectivity index (χ0) is 11.3. The fourth-order valence-corrected chi connectivity index (χ4v) is 1.93. The number of carbonyl (C=O) groups is 1. The second kappa shape index (κ2) is 6.08. The van der Waals surface area contributed by atoms with E-state index in [2.05, 4.69) is 0 Å². The first-order chi connectivity index (χ1) is 7.22. The van der Waals surface area contributed by atoms with E-state index in [-0.39, 0.29) is 24.5 Å². The molecule has 0 radical (unpaired) electrons. The molecule has 88 valence electrons. The summed E-state index contributed by atoms with van der Waals surface area (Å²) >= 11 is 0. The first kappa shape index (κ1) is 12.5. The van der Waals surface area contributed by atoms with Gasteiger partial charge in [0.2, 0.25) is 5.91 Å². The lowest BCUT2D eigenvalue weighted by Crippen LogP contribution is -2.48. The van der Waals surface area contributed by atoms with Gasteiger partial charge in [-0.3, -0.25) is 4.79 Å². The Morgan fingerprint density at radius 3 is 2.73 bits per heavy atom. The number of amides is 1. The summed E-state index contributed by atoms with van der Waals surface area (Å²) in [5, 5.41) is 8.98. The van der Waals surface area contributed by atoms with Crippen LogP contribution in [-0.2, 0) is 9.53 Å². The maximum Gasteiger partial charge on any atom is 0.225 e. The molecule has 1 atom stereocenters. The molecule has 1 heterocycles. The predicted molar refractivity (Wildman–Crippen MR) is 57.5 cm³/mol. The molecule has 1 aliphatic heterocycles. The highest BCUT2D eigenvalue weighted by Gasteiger charge is 2.27. The minimum atomic E-state index is -0.197. The van der Waals surface area contributed by atoms with Crippen molar-refractivity contribution in [2.24, 2.45) is 5.92 Å². The number of aliphatic hydroxyl groups is 1. The zero-order valence-electron chi connectivity index (χ0n) is 9.61. The van der Waals surface area contributed by atoms with E-state index in [0.717, 1.165) is 12.8 Å². The van der Waals surface area contributed by atoms with Crippen molar-refractivity contribution in [3.8, 4) is 0 Å². The lowest BCUT2D eigenvalue weighted by molar-refractivity contribution is -0.144. The average Bonchev–Trinajstić information content (AvgIpc) is 2.30. The SMILES string of the molecule is CCC(CC)C(=O)N1CCOC(CO)C1. The van der Waals surface area contributed by atoms with E-state index < -0.39 is 0 Å². The van der Waals surface area contributed by atoms with Gasteiger partial charge in [0.25, 0.3) is 0 Å². The molecule has 1 unspecified atom stereocenters. The van der Waals surface area contributed by atoms with E-state index in [1.165, 1.54) is 0 Å². The largest absolute Gasteiger partial charge is 0.394 e. The molecule has 0 aromatic rings. The molecule has 4 heteroatoms. The summed E-state index contributed by atoms with van der Waals surface area (Å²) in [6.45, 7) is 5.80. The van der Waals surface area contributed by atoms with Crippen LogP contribution >= 0.6 is 0 Å². The normalized spacial score (nSPS) is 22.1. The minimum absolute atomic E-state index is 0.00725. The summed E-state index contributed by atoms with van der Waals surface area (Å²) in [4.78, 5) is 13.8. The smallest absolute Gasteiger partial charge is 0.225 e. The van der Waals surface area contributed by atoms with Crippen LogP contribution in [0.3, 0.4) is 0 Å². The van der Waals surface area contributed by atoms with Crippen LogP contribution in [-0.4, -0.2) is 48.3 Å². The fourth-order valence-electron chi connectivity index (χ4n) is 1.93. The van der Waals surface area contributed by atoms with Gasteiger partial charge in [-0.15, -0.1) is 0 Å². The van der Waals surface area contributed by atoms with Gasteiger partial charge in [0.05, 0.1) is 19.3 Å². The topological polar surface area (TPSA) is 49.8 Å². The monoisotopic (exact) mass is 215 g/mol. The number of aliphatic hydroxyl groups excluding tert-OH is 1. The van der Waals surface area contributed by atoms with Gasteiger partial charge in [0.1, 0.15) is 0 Å². The van der Waals surface area contributed by atoms with E-state index in [1.54, 1.807) is 0 Å². The van der Waals surface area contributed by atoms with Crippen LogP contribution in [0.2, 0.25) is 0 Å². The minimum Gasteiger partial charge on any atom is -0.394 e. The quantitative estimate of drug-likeness (QED) is 0.749. The molecular formula is C11H21NO3. The van der Waals surface area contributed by atoms with Gasteiger partial charge in [-0.2, -0.15) is 0 Å². The first-order valence-corrected chi connectivity index (χ1v) is 5.74. The van der Waals surface area contributed by atoms with Gasteiger partial charge in [-0.1, -0.05) is 13.8 Å². The van der Waals surface area contributed by atoms with Crippen molar-refractivity contribution in [3.63, 3.8) is 0 Å². The van der Waals surface area contributed by atoms with Crippen LogP contribution in [0.5, 0.6) is 0 Å². The van der Waals surface area contributed by atoms with Gasteiger partial charge in [0.15, 0.2) is 0 Å². The summed E-state index contributed by atoms with van der Waals surface area (Å²) in [6.07, 6.45) is 1.57. The van der Waals surface area contributed by atoms with Gasteiger partial charge in [-0.05, 0) is 12.8 Å². The van der Waals surface area contributed by atoms with Crippen molar-refractivity contribution in [2.45, 2.75) is 32.8 Å². The molecule has 0 saturated carbocycles. The van der Waals surface area contributed by atoms with Crippen LogP contribution in [0.4, 0.5) is 0 Å². The van der Waals surface area contributed by atoms with Crippen molar-refractivity contribution in [3.05, 3.63) is 0 Å². The standard InChI is InChI=1S/C11H21NO3/c1-3-9(4-2)11(14)12-5-6-15-10(7-12)8-13/h9-10,13H,3-8H2,1-2H3. The summed E-state index contributed by atoms with van der Waals surface area (Å²) < 4.78 is 5.31. The molecule has 4 nitrogen and oxygen atoms in total. The first-order valence-electron chi connectivity index (χ1n) is 5.74. The molecule has 0 spiro atoms. The van der Waals surface area contributed by atoms with Crippen LogP contribution in [0, 0.1) is 5.92 Å². The Hall–Kier alpha value is -0.610. The molecule has 1 rings (SSSR count). The lowest BCUT2D eigenvalue weighted by Gasteiger charge is -2.34. The lowest BCUT2D eigenvalue weighted by atomic mass is 10.0. The number of morpholine rings is 1. The third kappa shape index (κ3) is 3.18. The average molecular weight is 215 g/mol. The van der Waals surface area contributed by atoms with Gasteiger partial charge in [0, 0.05) is 19.0 Å². The highest BCUT2D eigenvalue weighted by molar-refractivity contribution is 5.78. The Morgan fingerprint density at radius 1 is 1.53 bits per heavy atom. The molecule has 0 bridgehead atoms. The number of carbonyl (C=O) groups excluding carboxylic acids is 1. The van der Waals surface area contributed by atoms with Gasteiger partial charge in [-0.25, -0.2) is 0 Å². The Bertz CT molecular complexity index is 204. The zero-order valence-corrected chi connectivity index (χ0v) is 9.61. The number of nitrogens with zero attached hydrogens (tertiary/aromatic N) is 1. The van der Waals surface area contributed by atoms with Gasteiger partial charge >= 0.3 is 0 Å². The van der Waals surface area contributed by atoms with Crippen molar-refractivity contribution in [1.29, 1.82) is 0 Å². The fraction of sp³-hybridized carbons (Fsp3) is 0.909. The van der Waals surface area contributed by atoms with Crippen molar-refractivity contribution >= 4 is 5.91 Å². The Kier molecular flexibility index (Phi) is 5.05. The second-order valence-corrected chi connectivity index (χ2v) is 3.97. The van der Waals surface area contributed by atoms with Crippen molar-refractivity contribution < 1.29 is 14.6 Å².